The van der Waals surface area contributed by atoms with E-state index in [9.17, 15) is 4.79 Å². The van der Waals surface area contributed by atoms with Gasteiger partial charge < -0.3 is 9.53 Å². The van der Waals surface area contributed by atoms with Gasteiger partial charge in [-0.2, -0.15) is 0 Å². The molecule has 2 nitrogen and oxygen atoms in total. The van der Waals surface area contributed by atoms with Crippen molar-refractivity contribution in [3.63, 3.8) is 0 Å². The second-order valence-corrected chi connectivity index (χ2v) is 1.23. The standard InChI is InChI=1S/C6H10O2/c1-2-8-6-4-3-5-7/h4-6H,2-3H2,1H3. The van der Waals surface area contributed by atoms with Crippen LogP contribution in [0.4, 0.5) is 0 Å². The topological polar surface area (TPSA) is 26.3 Å². The Bertz CT molecular complexity index is 76.6. The van der Waals surface area contributed by atoms with Crippen molar-refractivity contribution < 1.29 is 9.53 Å². The van der Waals surface area contributed by atoms with Gasteiger partial charge in [0.15, 0.2) is 0 Å². The summed E-state index contributed by atoms with van der Waals surface area (Å²) in [5, 5.41) is 0. The van der Waals surface area contributed by atoms with E-state index < -0.39 is 0 Å². The molecule has 0 saturated heterocycles. The van der Waals surface area contributed by atoms with Gasteiger partial charge in [0.25, 0.3) is 0 Å². The number of carbonyl (C=O) groups excluding carboxylic acids is 1. The monoisotopic (exact) mass is 114 g/mol. The Kier molecular flexibility index (Phi) is 5.60. The van der Waals surface area contributed by atoms with Crippen LogP contribution in [0.15, 0.2) is 12.3 Å². The fourth-order valence-electron chi connectivity index (χ4n) is 0.275. The molecule has 0 unspecified atom stereocenters. The van der Waals surface area contributed by atoms with Gasteiger partial charge in [-0.25, -0.2) is 0 Å². The Labute approximate surface area is 49.1 Å². The van der Waals surface area contributed by atoms with E-state index in [2.05, 4.69) is 0 Å². The van der Waals surface area contributed by atoms with Crippen LogP contribution in [0.25, 0.3) is 0 Å². The average molecular weight is 114 g/mol. The number of rotatable bonds is 4. The van der Waals surface area contributed by atoms with Crippen LogP contribution in [-0.4, -0.2) is 12.9 Å². The van der Waals surface area contributed by atoms with Crippen molar-refractivity contribution in [2.45, 2.75) is 13.3 Å². The number of hydrogen-bond donors (Lipinski definition) is 0. The van der Waals surface area contributed by atoms with Crippen LogP contribution in [0, 0.1) is 0 Å². The summed E-state index contributed by atoms with van der Waals surface area (Å²) in [4.78, 5) is 9.66. The zero-order chi connectivity index (χ0) is 6.24. The first-order valence-corrected chi connectivity index (χ1v) is 2.62. The molecule has 0 aliphatic heterocycles. The van der Waals surface area contributed by atoms with E-state index in [0.29, 0.717) is 13.0 Å². The molecule has 0 fully saturated rings. The largest absolute Gasteiger partial charge is 0.502 e. The Morgan fingerprint density at radius 2 is 2.38 bits per heavy atom. The summed E-state index contributed by atoms with van der Waals surface area (Å²) in [5.41, 5.74) is 0. The van der Waals surface area contributed by atoms with Crippen molar-refractivity contribution >= 4 is 6.29 Å². The van der Waals surface area contributed by atoms with Crippen molar-refractivity contribution in [2.75, 3.05) is 6.61 Å². The van der Waals surface area contributed by atoms with Crippen molar-refractivity contribution in [1.29, 1.82) is 0 Å². The quantitative estimate of drug-likeness (QED) is 0.404. The molecule has 0 radical (unpaired) electrons. The van der Waals surface area contributed by atoms with E-state index in [4.69, 9.17) is 4.74 Å². The molecular weight excluding hydrogens is 104 g/mol. The number of allylic oxidation sites excluding steroid dienone is 1. The number of carbonyl (C=O) groups is 1. The molecular formula is C6H10O2. The number of hydrogen-bond acceptors (Lipinski definition) is 2. The molecule has 8 heavy (non-hydrogen) atoms. The van der Waals surface area contributed by atoms with Gasteiger partial charge in [-0.1, -0.05) is 0 Å². The predicted octanol–water partition coefficient (Wildman–Crippen LogP) is 1.13. The van der Waals surface area contributed by atoms with Crippen LogP contribution in [-0.2, 0) is 9.53 Å². The third-order valence-electron chi connectivity index (χ3n) is 0.591. The molecule has 0 atom stereocenters. The Balaban J connectivity index is 2.94. The predicted molar refractivity (Wildman–Crippen MR) is 31.4 cm³/mol. The molecule has 0 aromatic heterocycles. The third-order valence-corrected chi connectivity index (χ3v) is 0.591. The third kappa shape index (κ3) is 5.21. The maximum Gasteiger partial charge on any atom is 0.123 e. The number of aldehydes is 1. The molecule has 0 aromatic carbocycles. The Morgan fingerprint density at radius 1 is 1.62 bits per heavy atom. The van der Waals surface area contributed by atoms with Crippen molar-refractivity contribution in [1.82, 2.24) is 0 Å². The van der Waals surface area contributed by atoms with Crippen molar-refractivity contribution in [2.24, 2.45) is 0 Å². The lowest BCUT2D eigenvalue weighted by Gasteiger charge is -1.88. The molecule has 0 aliphatic rings. The van der Waals surface area contributed by atoms with E-state index in [0.717, 1.165) is 6.29 Å². The molecule has 0 amide bonds. The second-order valence-electron chi connectivity index (χ2n) is 1.23. The van der Waals surface area contributed by atoms with E-state index in [1.807, 2.05) is 6.92 Å². The molecule has 0 aromatic rings. The van der Waals surface area contributed by atoms with Crippen LogP contribution in [0.2, 0.25) is 0 Å². The first-order chi connectivity index (χ1) is 3.91. The van der Waals surface area contributed by atoms with Gasteiger partial charge >= 0.3 is 0 Å². The lowest BCUT2D eigenvalue weighted by molar-refractivity contribution is -0.107. The summed E-state index contributed by atoms with van der Waals surface area (Å²) in [7, 11) is 0. The van der Waals surface area contributed by atoms with Gasteiger partial charge in [0.05, 0.1) is 12.9 Å². The van der Waals surface area contributed by atoms with Crippen molar-refractivity contribution in [3.05, 3.63) is 12.3 Å². The zero-order valence-electron chi connectivity index (χ0n) is 4.96. The van der Waals surface area contributed by atoms with Crippen LogP contribution < -0.4 is 0 Å². The van der Waals surface area contributed by atoms with Gasteiger partial charge in [0.1, 0.15) is 6.29 Å². The molecule has 0 saturated carbocycles. The first kappa shape index (κ1) is 7.21. The molecule has 0 aliphatic carbocycles. The van der Waals surface area contributed by atoms with E-state index in [-0.39, 0.29) is 0 Å². The molecule has 46 valence electrons. The van der Waals surface area contributed by atoms with Crippen LogP contribution in [0.1, 0.15) is 13.3 Å². The maximum absolute atomic E-state index is 9.66. The normalized spacial score (nSPS) is 9.62. The van der Waals surface area contributed by atoms with Crippen molar-refractivity contribution in [3.8, 4) is 0 Å². The minimum absolute atomic E-state index is 0.444. The highest BCUT2D eigenvalue weighted by Gasteiger charge is 1.70. The number of ether oxygens (including phenoxy) is 1. The SMILES string of the molecule is CCOC=CCC=O. The first-order valence-electron chi connectivity index (χ1n) is 2.62. The van der Waals surface area contributed by atoms with Crippen LogP contribution >= 0.6 is 0 Å². The highest BCUT2D eigenvalue weighted by molar-refractivity contribution is 5.51. The van der Waals surface area contributed by atoms with Gasteiger partial charge in [-0.3, -0.25) is 0 Å². The van der Waals surface area contributed by atoms with E-state index in [1.165, 1.54) is 6.26 Å². The minimum Gasteiger partial charge on any atom is -0.502 e. The van der Waals surface area contributed by atoms with Gasteiger partial charge in [0, 0.05) is 6.42 Å². The van der Waals surface area contributed by atoms with Crippen LogP contribution in [0.5, 0.6) is 0 Å². The Hall–Kier alpha value is -0.790. The summed E-state index contributed by atoms with van der Waals surface area (Å²) in [5.74, 6) is 0. The van der Waals surface area contributed by atoms with E-state index >= 15 is 0 Å². The highest BCUT2D eigenvalue weighted by Crippen LogP contribution is 1.78. The molecule has 0 heterocycles. The molecule has 0 spiro atoms. The van der Waals surface area contributed by atoms with E-state index in [1.54, 1.807) is 6.08 Å². The summed E-state index contributed by atoms with van der Waals surface area (Å²) in [6, 6.07) is 0. The van der Waals surface area contributed by atoms with Gasteiger partial charge in [-0.15, -0.1) is 0 Å². The summed E-state index contributed by atoms with van der Waals surface area (Å²) in [6.45, 7) is 2.56. The summed E-state index contributed by atoms with van der Waals surface area (Å²) < 4.78 is 4.80. The smallest absolute Gasteiger partial charge is 0.123 e. The molecule has 0 bridgehead atoms. The fraction of sp³-hybridized carbons (Fsp3) is 0.500. The molecule has 0 rings (SSSR count). The maximum atomic E-state index is 9.66. The molecule has 2 heteroatoms. The lowest BCUT2D eigenvalue weighted by Crippen LogP contribution is -1.76. The Morgan fingerprint density at radius 3 is 2.88 bits per heavy atom. The van der Waals surface area contributed by atoms with Gasteiger partial charge in [-0.05, 0) is 13.0 Å². The van der Waals surface area contributed by atoms with Crippen LogP contribution in [0.3, 0.4) is 0 Å². The second kappa shape index (κ2) is 6.21. The minimum atomic E-state index is 0.444. The molecule has 0 N–H and O–H groups in total. The zero-order valence-corrected chi connectivity index (χ0v) is 4.96. The summed E-state index contributed by atoms with van der Waals surface area (Å²) in [6.07, 6.45) is 4.49. The highest BCUT2D eigenvalue weighted by atomic mass is 16.5. The average Bonchev–Trinajstić information content (AvgIpc) is 1.81. The summed E-state index contributed by atoms with van der Waals surface area (Å²) >= 11 is 0. The fourth-order valence-corrected chi connectivity index (χ4v) is 0.275. The lowest BCUT2D eigenvalue weighted by atomic mass is 10.5. The van der Waals surface area contributed by atoms with Gasteiger partial charge in [0.2, 0.25) is 0 Å².